The van der Waals surface area contributed by atoms with E-state index in [4.69, 9.17) is 11.6 Å². The lowest BCUT2D eigenvalue weighted by Crippen LogP contribution is -2.31. The largest absolute Gasteiger partial charge is 0.353 e. The van der Waals surface area contributed by atoms with E-state index in [1.807, 2.05) is 18.0 Å². The minimum Gasteiger partial charge on any atom is -0.353 e. The van der Waals surface area contributed by atoms with Crippen LogP contribution >= 0.6 is 11.6 Å². The van der Waals surface area contributed by atoms with Gasteiger partial charge in [-0.2, -0.15) is 0 Å². The number of fused-ring (bicyclic) bond motifs is 1. The van der Waals surface area contributed by atoms with Crippen molar-refractivity contribution in [1.82, 2.24) is 10.3 Å². The molecule has 1 atom stereocenters. The summed E-state index contributed by atoms with van der Waals surface area (Å²) in [5.41, 5.74) is 0.753. The molecule has 23 heavy (non-hydrogen) atoms. The molecule has 1 aliphatic heterocycles. The highest BCUT2D eigenvalue weighted by molar-refractivity contribution is 7.91. The Morgan fingerprint density at radius 3 is 2.91 bits per heavy atom. The first kappa shape index (κ1) is 16.2. The smallest absolute Gasteiger partial charge is 0.187 e. The minimum absolute atomic E-state index is 0.250. The van der Waals surface area contributed by atoms with Crippen LogP contribution in [0.15, 0.2) is 47.5 Å². The van der Waals surface area contributed by atoms with Gasteiger partial charge in [-0.15, -0.1) is 0 Å². The fraction of sp³-hybridized carbons (Fsp3) is 0.312. The van der Waals surface area contributed by atoms with Crippen molar-refractivity contribution < 1.29 is 8.42 Å². The van der Waals surface area contributed by atoms with Crippen molar-refractivity contribution in [3.8, 4) is 0 Å². The van der Waals surface area contributed by atoms with Gasteiger partial charge in [0.2, 0.25) is 0 Å². The second-order valence-corrected chi connectivity index (χ2v) is 8.02. The Morgan fingerprint density at radius 1 is 1.35 bits per heavy atom. The van der Waals surface area contributed by atoms with Crippen LogP contribution in [0.5, 0.6) is 0 Å². The Kier molecular flexibility index (Phi) is 4.57. The number of sulfone groups is 1. The van der Waals surface area contributed by atoms with Gasteiger partial charge in [-0.1, -0.05) is 23.7 Å². The van der Waals surface area contributed by atoms with Gasteiger partial charge in [-0.25, -0.2) is 13.4 Å². The quantitative estimate of drug-likeness (QED) is 0.895. The summed E-state index contributed by atoms with van der Waals surface area (Å²) in [7, 11) is -1.65. The molecular formula is C16H18ClN3O2S. The summed E-state index contributed by atoms with van der Waals surface area (Å²) in [4.78, 5) is 6.64. The molecule has 5 nitrogen and oxygen atoms in total. The van der Waals surface area contributed by atoms with Crippen molar-refractivity contribution >= 4 is 27.3 Å². The molecule has 0 saturated heterocycles. The number of anilines is 1. The number of pyridine rings is 1. The molecule has 122 valence electrons. The fourth-order valence-corrected chi connectivity index (χ4v) is 4.86. The van der Waals surface area contributed by atoms with Gasteiger partial charge >= 0.3 is 0 Å². The van der Waals surface area contributed by atoms with E-state index in [1.165, 1.54) is 6.07 Å². The molecule has 1 aromatic heterocycles. The molecule has 0 aliphatic carbocycles. The number of hydrogen-bond donors (Lipinski definition) is 1. The molecule has 0 saturated carbocycles. The second kappa shape index (κ2) is 6.47. The highest BCUT2D eigenvalue weighted by Gasteiger charge is 2.39. The maximum absolute atomic E-state index is 13.0. The van der Waals surface area contributed by atoms with E-state index in [1.54, 1.807) is 30.5 Å². The van der Waals surface area contributed by atoms with Gasteiger partial charge in [0.05, 0.1) is 4.90 Å². The van der Waals surface area contributed by atoms with Crippen LogP contribution in [0.4, 0.5) is 5.82 Å². The second-order valence-electron chi connectivity index (χ2n) is 5.46. The Labute approximate surface area is 141 Å². The van der Waals surface area contributed by atoms with Gasteiger partial charge in [0.15, 0.2) is 9.84 Å². The topological polar surface area (TPSA) is 62.3 Å². The number of hydrogen-bond acceptors (Lipinski definition) is 5. The van der Waals surface area contributed by atoms with Crippen molar-refractivity contribution in [2.45, 2.75) is 10.1 Å². The summed E-state index contributed by atoms with van der Waals surface area (Å²) in [6.45, 7) is 1.88. The third kappa shape index (κ3) is 3.06. The lowest BCUT2D eigenvalue weighted by Gasteiger charge is -2.18. The van der Waals surface area contributed by atoms with Gasteiger partial charge in [0.25, 0.3) is 0 Å². The molecule has 2 heterocycles. The summed E-state index contributed by atoms with van der Waals surface area (Å²) >= 11 is 5.96. The fourth-order valence-electron chi connectivity index (χ4n) is 2.83. The number of aromatic nitrogens is 1. The van der Waals surface area contributed by atoms with Crippen molar-refractivity contribution in [3.05, 3.63) is 53.2 Å². The van der Waals surface area contributed by atoms with Gasteiger partial charge in [0, 0.05) is 36.4 Å². The van der Waals surface area contributed by atoms with Crippen LogP contribution in [0, 0.1) is 0 Å². The number of rotatable bonds is 5. The monoisotopic (exact) mass is 351 g/mol. The molecule has 3 rings (SSSR count). The van der Waals surface area contributed by atoms with E-state index >= 15 is 0 Å². The molecular weight excluding hydrogens is 334 g/mol. The van der Waals surface area contributed by atoms with Crippen LogP contribution in [-0.4, -0.2) is 40.1 Å². The zero-order chi connectivity index (χ0) is 16.4. The van der Waals surface area contributed by atoms with E-state index < -0.39 is 15.1 Å². The average Bonchev–Trinajstić information content (AvgIpc) is 2.92. The predicted octanol–water partition coefficient (Wildman–Crippen LogP) is 2.29. The summed E-state index contributed by atoms with van der Waals surface area (Å²) in [5.74, 6) is 0.748. The van der Waals surface area contributed by atoms with E-state index in [-0.39, 0.29) is 4.90 Å². The molecule has 7 heteroatoms. The Morgan fingerprint density at radius 2 is 2.17 bits per heavy atom. The Bertz CT molecular complexity index is 810. The average molecular weight is 352 g/mol. The molecule has 1 aromatic carbocycles. The van der Waals surface area contributed by atoms with Gasteiger partial charge in [0.1, 0.15) is 11.1 Å². The summed E-state index contributed by atoms with van der Waals surface area (Å²) in [6.07, 6.45) is 1.69. The molecule has 0 bridgehead atoms. The lowest BCUT2D eigenvalue weighted by atomic mass is 10.2. The molecule has 0 fully saturated rings. The molecule has 1 N–H and O–H groups in total. The standard InChI is InChI=1S/C16H18ClN3O2S/c1-18-8-9-20-11-15(14-6-3-7-19-16(14)20)23(21,22)13-5-2-4-12(17)10-13/h2-7,10,15,18H,8-9,11H2,1H3. The zero-order valence-corrected chi connectivity index (χ0v) is 14.3. The first-order chi connectivity index (χ1) is 11.0. The van der Waals surface area contributed by atoms with Crippen LogP contribution in [-0.2, 0) is 9.84 Å². The van der Waals surface area contributed by atoms with Crippen LogP contribution < -0.4 is 10.2 Å². The van der Waals surface area contributed by atoms with Gasteiger partial charge < -0.3 is 10.2 Å². The molecule has 1 aliphatic rings. The minimum atomic E-state index is -3.52. The number of halogens is 1. The van der Waals surface area contributed by atoms with E-state index in [0.29, 0.717) is 18.1 Å². The van der Waals surface area contributed by atoms with Crippen LogP contribution in [0.1, 0.15) is 10.8 Å². The molecule has 1 unspecified atom stereocenters. The van der Waals surface area contributed by atoms with E-state index in [0.717, 1.165) is 17.9 Å². The number of likely N-dealkylation sites (N-methyl/N-ethyl adjacent to an activating group) is 1. The lowest BCUT2D eigenvalue weighted by molar-refractivity contribution is 0.582. The maximum Gasteiger partial charge on any atom is 0.187 e. The van der Waals surface area contributed by atoms with Gasteiger partial charge in [-0.3, -0.25) is 0 Å². The number of benzene rings is 1. The first-order valence-corrected chi connectivity index (χ1v) is 9.30. The van der Waals surface area contributed by atoms with Crippen molar-refractivity contribution in [1.29, 1.82) is 0 Å². The SMILES string of the molecule is CNCCN1CC(S(=O)(=O)c2cccc(Cl)c2)c2cccnc21. The normalized spacial score (nSPS) is 17.3. The van der Waals surface area contributed by atoms with E-state index in [9.17, 15) is 8.42 Å². The van der Waals surface area contributed by atoms with Crippen molar-refractivity contribution in [2.75, 3.05) is 31.6 Å². The van der Waals surface area contributed by atoms with Crippen molar-refractivity contribution in [3.63, 3.8) is 0 Å². The van der Waals surface area contributed by atoms with Crippen LogP contribution in [0.3, 0.4) is 0 Å². The third-order valence-electron chi connectivity index (χ3n) is 3.98. The summed E-state index contributed by atoms with van der Waals surface area (Å²) in [6, 6.07) is 10.0. The predicted molar refractivity (Wildman–Crippen MR) is 91.8 cm³/mol. The Balaban J connectivity index is 2.00. The Hall–Kier alpha value is -1.63. The molecule has 0 radical (unpaired) electrons. The molecule has 2 aromatic rings. The maximum atomic E-state index is 13.0. The van der Waals surface area contributed by atoms with Crippen molar-refractivity contribution in [2.24, 2.45) is 0 Å². The highest BCUT2D eigenvalue weighted by atomic mass is 35.5. The van der Waals surface area contributed by atoms with E-state index in [2.05, 4.69) is 10.3 Å². The summed E-state index contributed by atoms with van der Waals surface area (Å²) in [5, 5.41) is 2.88. The first-order valence-electron chi connectivity index (χ1n) is 7.38. The van der Waals surface area contributed by atoms with Gasteiger partial charge in [-0.05, 0) is 31.3 Å². The number of nitrogens with zero attached hydrogens (tertiary/aromatic N) is 2. The molecule has 0 spiro atoms. The zero-order valence-electron chi connectivity index (χ0n) is 12.7. The molecule has 0 amide bonds. The highest BCUT2D eigenvalue weighted by Crippen LogP contribution is 2.40. The summed E-state index contributed by atoms with van der Waals surface area (Å²) < 4.78 is 26.1. The number of nitrogens with one attached hydrogen (secondary N) is 1. The van der Waals surface area contributed by atoms with Crippen LogP contribution in [0.25, 0.3) is 0 Å². The van der Waals surface area contributed by atoms with Crippen LogP contribution in [0.2, 0.25) is 5.02 Å². The third-order valence-corrected chi connectivity index (χ3v) is 6.28.